The number of pyridine rings is 1. The summed E-state index contributed by atoms with van der Waals surface area (Å²) in [6.45, 7) is 11.3. The Bertz CT molecular complexity index is 553. The number of aliphatic imine (C=N–C) groups is 1. The molecule has 1 aliphatic rings. The molecule has 2 N–H and O–H groups in total. The Labute approximate surface area is 152 Å². The standard InChI is InChI=1S/C19H33N5O/c1-5-20-18(21-14-16-10-9-11-17(23-16)25-4)22-15-19(2,3)24-12-7-6-8-13-24/h9-11H,5-8,12-15H2,1-4H3,(H2,20,21,22). The van der Waals surface area contributed by atoms with Gasteiger partial charge in [0.1, 0.15) is 0 Å². The van der Waals surface area contributed by atoms with Crippen molar-refractivity contribution in [1.82, 2.24) is 20.5 Å². The van der Waals surface area contributed by atoms with Crippen LogP contribution < -0.4 is 15.4 Å². The number of hydrogen-bond acceptors (Lipinski definition) is 4. The van der Waals surface area contributed by atoms with Gasteiger partial charge in [-0.2, -0.15) is 0 Å². The molecule has 0 amide bonds. The molecule has 2 heterocycles. The maximum atomic E-state index is 5.17. The second-order valence-electron chi connectivity index (χ2n) is 7.08. The zero-order chi connectivity index (χ0) is 18.1. The molecular weight excluding hydrogens is 314 g/mol. The molecule has 0 unspecified atom stereocenters. The molecule has 0 bridgehead atoms. The van der Waals surface area contributed by atoms with E-state index < -0.39 is 0 Å². The van der Waals surface area contributed by atoms with Crippen LogP contribution in [0.1, 0.15) is 45.7 Å². The molecule has 140 valence electrons. The number of nitrogens with one attached hydrogen (secondary N) is 2. The molecule has 1 aromatic rings. The molecule has 2 rings (SSSR count). The maximum absolute atomic E-state index is 5.17. The van der Waals surface area contributed by atoms with Crippen LogP contribution in [0.2, 0.25) is 0 Å². The Balaban J connectivity index is 1.94. The highest BCUT2D eigenvalue weighted by atomic mass is 16.5. The number of likely N-dealkylation sites (tertiary alicyclic amines) is 1. The molecule has 0 aromatic carbocycles. The van der Waals surface area contributed by atoms with Crippen molar-refractivity contribution < 1.29 is 4.74 Å². The third-order valence-electron chi connectivity index (χ3n) is 4.63. The molecule has 1 aromatic heterocycles. The van der Waals surface area contributed by atoms with Crippen LogP contribution in [0.5, 0.6) is 5.88 Å². The SMILES string of the molecule is CCNC(=NCc1cccc(OC)n1)NCC(C)(C)N1CCCCC1. The Morgan fingerprint density at radius 1 is 1.24 bits per heavy atom. The summed E-state index contributed by atoms with van der Waals surface area (Å²) in [7, 11) is 1.63. The zero-order valence-corrected chi connectivity index (χ0v) is 16.1. The van der Waals surface area contributed by atoms with Crippen LogP contribution in [0.15, 0.2) is 23.2 Å². The first-order valence-corrected chi connectivity index (χ1v) is 9.32. The van der Waals surface area contributed by atoms with E-state index in [0.717, 1.165) is 24.7 Å². The van der Waals surface area contributed by atoms with Crippen molar-refractivity contribution in [2.75, 3.05) is 33.3 Å². The van der Waals surface area contributed by atoms with E-state index in [0.29, 0.717) is 12.4 Å². The maximum Gasteiger partial charge on any atom is 0.213 e. The summed E-state index contributed by atoms with van der Waals surface area (Å²) in [6, 6.07) is 5.75. The van der Waals surface area contributed by atoms with Crippen molar-refractivity contribution in [3.63, 3.8) is 0 Å². The number of nitrogens with zero attached hydrogens (tertiary/aromatic N) is 3. The zero-order valence-electron chi connectivity index (χ0n) is 16.1. The van der Waals surface area contributed by atoms with E-state index in [1.165, 1.54) is 32.4 Å². The first kappa shape index (κ1) is 19.5. The molecule has 0 atom stereocenters. The predicted octanol–water partition coefficient (Wildman–Crippen LogP) is 2.41. The lowest BCUT2D eigenvalue weighted by Crippen LogP contribution is -2.54. The second-order valence-corrected chi connectivity index (χ2v) is 7.08. The molecule has 0 radical (unpaired) electrons. The van der Waals surface area contributed by atoms with Gasteiger partial charge < -0.3 is 15.4 Å². The molecular formula is C19H33N5O. The lowest BCUT2D eigenvalue weighted by atomic mass is 9.98. The van der Waals surface area contributed by atoms with Crippen LogP contribution >= 0.6 is 0 Å². The van der Waals surface area contributed by atoms with E-state index in [1.807, 2.05) is 18.2 Å². The van der Waals surface area contributed by atoms with Gasteiger partial charge in [-0.05, 0) is 52.8 Å². The number of methoxy groups -OCH3 is 1. The van der Waals surface area contributed by atoms with Crippen molar-refractivity contribution in [3.8, 4) is 5.88 Å². The summed E-state index contributed by atoms with van der Waals surface area (Å²) >= 11 is 0. The van der Waals surface area contributed by atoms with Crippen LogP contribution in [-0.4, -0.2) is 54.7 Å². The van der Waals surface area contributed by atoms with E-state index >= 15 is 0 Å². The topological polar surface area (TPSA) is 61.8 Å². The smallest absolute Gasteiger partial charge is 0.213 e. The van der Waals surface area contributed by atoms with E-state index in [1.54, 1.807) is 7.11 Å². The summed E-state index contributed by atoms with van der Waals surface area (Å²) < 4.78 is 5.17. The van der Waals surface area contributed by atoms with Crippen LogP contribution in [0.3, 0.4) is 0 Å². The highest BCUT2D eigenvalue weighted by molar-refractivity contribution is 5.79. The van der Waals surface area contributed by atoms with Gasteiger partial charge in [-0.3, -0.25) is 4.90 Å². The lowest BCUT2D eigenvalue weighted by molar-refractivity contribution is 0.0982. The summed E-state index contributed by atoms with van der Waals surface area (Å²) in [4.78, 5) is 11.7. The van der Waals surface area contributed by atoms with Gasteiger partial charge in [0.25, 0.3) is 0 Å². The highest BCUT2D eigenvalue weighted by Gasteiger charge is 2.27. The van der Waals surface area contributed by atoms with E-state index in [-0.39, 0.29) is 5.54 Å². The predicted molar refractivity (Wildman–Crippen MR) is 103 cm³/mol. The monoisotopic (exact) mass is 347 g/mol. The van der Waals surface area contributed by atoms with Gasteiger partial charge in [0.05, 0.1) is 19.3 Å². The van der Waals surface area contributed by atoms with Crippen LogP contribution in [0.25, 0.3) is 0 Å². The molecule has 0 spiro atoms. The van der Waals surface area contributed by atoms with Gasteiger partial charge in [-0.15, -0.1) is 0 Å². The van der Waals surface area contributed by atoms with Gasteiger partial charge >= 0.3 is 0 Å². The highest BCUT2D eigenvalue weighted by Crippen LogP contribution is 2.19. The molecule has 6 nitrogen and oxygen atoms in total. The number of guanidine groups is 1. The number of rotatable bonds is 7. The van der Waals surface area contributed by atoms with Crippen molar-refractivity contribution in [3.05, 3.63) is 23.9 Å². The number of piperidine rings is 1. The summed E-state index contributed by atoms with van der Waals surface area (Å²) in [5.74, 6) is 1.45. The van der Waals surface area contributed by atoms with E-state index in [9.17, 15) is 0 Å². The number of hydrogen-bond donors (Lipinski definition) is 2. The van der Waals surface area contributed by atoms with Crippen molar-refractivity contribution >= 4 is 5.96 Å². The van der Waals surface area contributed by atoms with Gasteiger partial charge in [-0.1, -0.05) is 12.5 Å². The molecule has 0 aliphatic carbocycles. The minimum Gasteiger partial charge on any atom is -0.481 e. The van der Waals surface area contributed by atoms with Crippen LogP contribution in [0, 0.1) is 0 Å². The molecule has 6 heteroatoms. The third kappa shape index (κ3) is 6.20. The minimum atomic E-state index is 0.116. The Hall–Kier alpha value is -1.82. The Kier molecular flexibility index (Phi) is 7.50. The fourth-order valence-corrected chi connectivity index (χ4v) is 3.07. The first-order valence-electron chi connectivity index (χ1n) is 9.32. The second kappa shape index (κ2) is 9.61. The average Bonchev–Trinajstić information content (AvgIpc) is 2.65. The average molecular weight is 348 g/mol. The number of aromatic nitrogens is 1. The Morgan fingerprint density at radius 2 is 2.00 bits per heavy atom. The summed E-state index contributed by atoms with van der Waals surface area (Å²) in [5, 5.41) is 6.81. The van der Waals surface area contributed by atoms with Gasteiger partial charge in [0.2, 0.25) is 5.88 Å². The van der Waals surface area contributed by atoms with Gasteiger partial charge in [-0.25, -0.2) is 9.98 Å². The fourth-order valence-electron chi connectivity index (χ4n) is 3.07. The quantitative estimate of drug-likeness (QED) is 0.586. The number of ether oxygens (including phenoxy) is 1. The molecule has 25 heavy (non-hydrogen) atoms. The summed E-state index contributed by atoms with van der Waals surface area (Å²) in [5.41, 5.74) is 1.01. The van der Waals surface area contributed by atoms with Gasteiger partial charge in [0, 0.05) is 24.7 Å². The fraction of sp³-hybridized carbons (Fsp3) is 0.684. The lowest BCUT2D eigenvalue weighted by Gasteiger charge is -2.41. The van der Waals surface area contributed by atoms with Crippen molar-refractivity contribution in [2.24, 2.45) is 4.99 Å². The Morgan fingerprint density at radius 3 is 2.68 bits per heavy atom. The molecule has 1 fully saturated rings. The van der Waals surface area contributed by atoms with E-state index in [4.69, 9.17) is 4.74 Å². The minimum absolute atomic E-state index is 0.116. The van der Waals surface area contributed by atoms with Gasteiger partial charge in [0.15, 0.2) is 5.96 Å². The van der Waals surface area contributed by atoms with Crippen molar-refractivity contribution in [2.45, 2.75) is 52.1 Å². The molecule has 1 saturated heterocycles. The summed E-state index contributed by atoms with van der Waals surface area (Å²) in [6.07, 6.45) is 3.97. The third-order valence-corrected chi connectivity index (χ3v) is 4.63. The van der Waals surface area contributed by atoms with Crippen LogP contribution in [0.4, 0.5) is 0 Å². The first-order chi connectivity index (χ1) is 12.0. The molecule has 1 aliphatic heterocycles. The normalized spacial score (nSPS) is 16.6. The van der Waals surface area contributed by atoms with Crippen LogP contribution in [-0.2, 0) is 6.54 Å². The van der Waals surface area contributed by atoms with Crippen molar-refractivity contribution in [1.29, 1.82) is 0 Å². The molecule has 0 saturated carbocycles. The van der Waals surface area contributed by atoms with E-state index in [2.05, 4.69) is 46.3 Å². The largest absolute Gasteiger partial charge is 0.481 e.